The van der Waals surface area contributed by atoms with E-state index in [9.17, 15) is 4.79 Å². The van der Waals surface area contributed by atoms with Crippen molar-refractivity contribution >= 4 is 16.8 Å². The van der Waals surface area contributed by atoms with Crippen molar-refractivity contribution < 1.29 is 9.53 Å². The molecule has 15 heavy (non-hydrogen) atoms. The van der Waals surface area contributed by atoms with Crippen LogP contribution in [0.2, 0.25) is 0 Å². The molecule has 0 aliphatic heterocycles. The van der Waals surface area contributed by atoms with Gasteiger partial charge in [0, 0.05) is 0 Å². The third kappa shape index (κ3) is 2.01. The van der Waals surface area contributed by atoms with Crippen molar-refractivity contribution in [3.63, 3.8) is 0 Å². The maximum Gasteiger partial charge on any atom is 0.255 e. The summed E-state index contributed by atoms with van der Waals surface area (Å²) in [6.45, 7) is -0.180. The summed E-state index contributed by atoms with van der Waals surface area (Å²) in [5.74, 6) is -0.155. The molecular weight excluding hydrogens is 194 g/mol. The molecule has 0 radical (unpaired) electrons. The van der Waals surface area contributed by atoms with Gasteiger partial charge < -0.3 is 10.5 Å². The van der Waals surface area contributed by atoms with E-state index < -0.39 is 5.91 Å². The zero-order valence-corrected chi connectivity index (χ0v) is 7.88. The number of ether oxygens (including phenoxy) is 1. The summed E-state index contributed by atoms with van der Waals surface area (Å²) in [6, 6.07) is 7.38. The average molecular weight is 203 g/mol. The molecule has 1 heterocycles. The zero-order chi connectivity index (χ0) is 10.7. The quantitative estimate of drug-likeness (QED) is 0.787. The Hall–Kier alpha value is -2.17. The highest BCUT2D eigenvalue weighted by Crippen LogP contribution is 2.19. The summed E-state index contributed by atoms with van der Waals surface area (Å²) in [7, 11) is 0. The Balaban J connectivity index is 2.38. The first-order valence-corrected chi connectivity index (χ1v) is 4.38. The van der Waals surface area contributed by atoms with Crippen LogP contribution in [0.1, 0.15) is 0 Å². The maximum atomic E-state index is 10.6. The third-order valence-electron chi connectivity index (χ3n) is 1.86. The number of hydrogen-bond donors (Lipinski definition) is 1. The van der Waals surface area contributed by atoms with Gasteiger partial charge in [0.05, 0.1) is 10.9 Å². The van der Waals surface area contributed by atoms with E-state index in [1.807, 2.05) is 24.3 Å². The van der Waals surface area contributed by atoms with Crippen LogP contribution in [0.15, 0.2) is 30.6 Å². The molecule has 76 valence electrons. The summed E-state index contributed by atoms with van der Waals surface area (Å²) >= 11 is 0. The highest BCUT2D eigenvalue weighted by molar-refractivity contribution is 5.83. The predicted molar refractivity (Wildman–Crippen MR) is 54.2 cm³/mol. The summed E-state index contributed by atoms with van der Waals surface area (Å²) in [5, 5.41) is 0.765. The van der Waals surface area contributed by atoms with E-state index in [0.29, 0.717) is 5.88 Å². The van der Waals surface area contributed by atoms with Gasteiger partial charge in [0.1, 0.15) is 6.33 Å². The standard InChI is InChI=1S/C10H9N3O2/c11-9(14)5-15-10-7-3-1-2-4-8(7)12-6-13-10/h1-4,6H,5H2,(H2,11,14). The topological polar surface area (TPSA) is 78.1 Å². The molecule has 0 fully saturated rings. The van der Waals surface area contributed by atoms with E-state index >= 15 is 0 Å². The van der Waals surface area contributed by atoms with Gasteiger partial charge in [-0.05, 0) is 12.1 Å². The highest BCUT2D eigenvalue weighted by Gasteiger charge is 2.04. The highest BCUT2D eigenvalue weighted by atomic mass is 16.5. The largest absolute Gasteiger partial charge is 0.467 e. The number of carbonyl (C=O) groups excluding carboxylic acids is 1. The average Bonchev–Trinajstić information content (AvgIpc) is 2.26. The summed E-state index contributed by atoms with van der Waals surface area (Å²) in [6.07, 6.45) is 1.39. The van der Waals surface area contributed by atoms with Gasteiger partial charge in [0.15, 0.2) is 6.61 Å². The predicted octanol–water partition coefficient (Wildman–Crippen LogP) is 0.494. The summed E-state index contributed by atoms with van der Waals surface area (Å²) in [4.78, 5) is 18.6. The summed E-state index contributed by atoms with van der Waals surface area (Å²) in [5.41, 5.74) is 5.75. The normalized spacial score (nSPS) is 10.1. The van der Waals surface area contributed by atoms with Crippen molar-refractivity contribution in [1.29, 1.82) is 0 Å². The van der Waals surface area contributed by atoms with Crippen LogP contribution in [0.4, 0.5) is 0 Å². The molecule has 0 saturated carbocycles. The minimum atomic E-state index is -0.530. The van der Waals surface area contributed by atoms with Crippen molar-refractivity contribution in [3.8, 4) is 5.88 Å². The molecule has 0 atom stereocenters. The lowest BCUT2D eigenvalue weighted by Gasteiger charge is -2.04. The molecule has 0 saturated heterocycles. The number of rotatable bonds is 3. The molecule has 0 aliphatic carbocycles. The Morgan fingerprint density at radius 2 is 2.13 bits per heavy atom. The van der Waals surface area contributed by atoms with Gasteiger partial charge >= 0.3 is 0 Å². The molecule has 0 spiro atoms. The number of nitrogens with zero attached hydrogens (tertiary/aromatic N) is 2. The number of benzene rings is 1. The van der Waals surface area contributed by atoms with E-state index in [4.69, 9.17) is 10.5 Å². The molecule has 1 aromatic heterocycles. The minimum Gasteiger partial charge on any atom is -0.467 e. The molecule has 2 N–H and O–H groups in total. The lowest BCUT2D eigenvalue weighted by molar-refractivity contribution is -0.120. The van der Waals surface area contributed by atoms with Crippen molar-refractivity contribution in [3.05, 3.63) is 30.6 Å². The van der Waals surface area contributed by atoms with Crippen LogP contribution in [0, 0.1) is 0 Å². The van der Waals surface area contributed by atoms with E-state index in [-0.39, 0.29) is 6.61 Å². The number of fused-ring (bicyclic) bond motifs is 1. The molecular formula is C10H9N3O2. The van der Waals surface area contributed by atoms with E-state index in [2.05, 4.69) is 9.97 Å². The zero-order valence-electron chi connectivity index (χ0n) is 7.88. The Bertz CT molecular complexity index is 493. The number of nitrogens with two attached hydrogens (primary N) is 1. The molecule has 0 bridgehead atoms. The van der Waals surface area contributed by atoms with Crippen molar-refractivity contribution in [2.24, 2.45) is 5.73 Å². The van der Waals surface area contributed by atoms with Crippen LogP contribution in [0.3, 0.4) is 0 Å². The molecule has 0 aliphatic rings. The SMILES string of the molecule is NC(=O)COc1ncnc2ccccc12. The number of carbonyl (C=O) groups is 1. The fourth-order valence-corrected chi connectivity index (χ4v) is 1.23. The number of hydrogen-bond acceptors (Lipinski definition) is 4. The molecule has 5 heteroatoms. The van der Waals surface area contributed by atoms with Crippen LogP contribution in [0.5, 0.6) is 5.88 Å². The van der Waals surface area contributed by atoms with Gasteiger partial charge in [0.2, 0.25) is 5.88 Å². The Morgan fingerprint density at radius 1 is 1.33 bits per heavy atom. The smallest absolute Gasteiger partial charge is 0.255 e. The molecule has 0 unspecified atom stereocenters. The Morgan fingerprint density at radius 3 is 2.93 bits per heavy atom. The van der Waals surface area contributed by atoms with Gasteiger partial charge in [0.25, 0.3) is 5.91 Å². The van der Waals surface area contributed by atoms with Gasteiger partial charge in [-0.15, -0.1) is 0 Å². The van der Waals surface area contributed by atoms with E-state index in [1.54, 1.807) is 0 Å². The first kappa shape index (κ1) is 9.39. The second-order valence-electron chi connectivity index (χ2n) is 2.95. The number of para-hydroxylation sites is 1. The van der Waals surface area contributed by atoms with Crippen LogP contribution < -0.4 is 10.5 Å². The van der Waals surface area contributed by atoms with Crippen LogP contribution in [-0.2, 0) is 4.79 Å². The lowest BCUT2D eigenvalue weighted by Crippen LogP contribution is -2.20. The molecule has 2 aromatic rings. The van der Waals surface area contributed by atoms with Gasteiger partial charge in [-0.1, -0.05) is 12.1 Å². The molecule has 1 aromatic carbocycles. The van der Waals surface area contributed by atoms with E-state index in [0.717, 1.165) is 10.9 Å². The monoisotopic (exact) mass is 203 g/mol. The number of amides is 1. The Kier molecular flexibility index (Phi) is 2.45. The van der Waals surface area contributed by atoms with Gasteiger partial charge in [-0.25, -0.2) is 9.97 Å². The maximum absolute atomic E-state index is 10.6. The fraction of sp³-hybridized carbons (Fsp3) is 0.100. The Labute approximate surface area is 85.9 Å². The third-order valence-corrected chi connectivity index (χ3v) is 1.86. The van der Waals surface area contributed by atoms with Crippen LogP contribution in [-0.4, -0.2) is 22.5 Å². The molecule has 1 amide bonds. The summed E-state index contributed by atoms with van der Waals surface area (Å²) < 4.78 is 5.16. The molecule has 2 rings (SSSR count). The van der Waals surface area contributed by atoms with Gasteiger partial charge in [-0.3, -0.25) is 4.79 Å². The number of primary amides is 1. The molecule has 5 nitrogen and oxygen atoms in total. The van der Waals surface area contributed by atoms with Crippen LogP contribution >= 0.6 is 0 Å². The first-order chi connectivity index (χ1) is 7.27. The van der Waals surface area contributed by atoms with Gasteiger partial charge in [-0.2, -0.15) is 0 Å². The van der Waals surface area contributed by atoms with Crippen LogP contribution in [0.25, 0.3) is 10.9 Å². The second-order valence-corrected chi connectivity index (χ2v) is 2.95. The lowest BCUT2D eigenvalue weighted by atomic mass is 10.2. The van der Waals surface area contributed by atoms with Crippen molar-refractivity contribution in [2.45, 2.75) is 0 Å². The minimum absolute atomic E-state index is 0.180. The fourth-order valence-electron chi connectivity index (χ4n) is 1.23. The van der Waals surface area contributed by atoms with Crippen molar-refractivity contribution in [1.82, 2.24) is 9.97 Å². The second kappa shape index (κ2) is 3.91. The number of aromatic nitrogens is 2. The van der Waals surface area contributed by atoms with Crippen molar-refractivity contribution in [2.75, 3.05) is 6.61 Å². The van der Waals surface area contributed by atoms with E-state index in [1.165, 1.54) is 6.33 Å². The first-order valence-electron chi connectivity index (χ1n) is 4.38.